The zero-order chi connectivity index (χ0) is 19.7. The Labute approximate surface area is 172 Å². The van der Waals surface area contributed by atoms with Crippen LogP contribution in [-0.4, -0.2) is 25.1 Å². The number of methoxy groups -OCH3 is 2. The quantitative estimate of drug-likeness (QED) is 0.605. The van der Waals surface area contributed by atoms with Crippen molar-refractivity contribution in [3.63, 3.8) is 0 Å². The summed E-state index contributed by atoms with van der Waals surface area (Å²) in [6.45, 7) is 0. The number of halogens is 1. The molecule has 0 bridgehead atoms. The number of aromatic nitrogens is 1. The Morgan fingerprint density at radius 1 is 1.18 bits per heavy atom. The molecule has 1 N–H and O–H groups in total. The first kappa shape index (κ1) is 18.8. The van der Waals surface area contributed by atoms with E-state index < -0.39 is 5.41 Å². The third-order valence-corrected chi connectivity index (χ3v) is 5.96. The largest absolute Gasteiger partial charge is 0.497 e. The number of hydrogen-bond acceptors (Lipinski definition) is 5. The summed E-state index contributed by atoms with van der Waals surface area (Å²) in [6.07, 6.45) is 1.61. The summed E-state index contributed by atoms with van der Waals surface area (Å²) in [5.41, 5.74) is 1.98. The van der Waals surface area contributed by atoms with Crippen molar-refractivity contribution in [2.24, 2.45) is 0 Å². The number of nitrogens with one attached hydrogen (secondary N) is 1. The van der Waals surface area contributed by atoms with Gasteiger partial charge >= 0.3 is 0 Å². The molecule has 1 amide bonds. The molecule has 1 saturated carbocycles. The molecule has 3 aromatic rings. The second-order valence-electron chi connectivity index (χ2n) is 6.65. The van der Waals surface area contributed by atoms with Crippen LogP contribution in [0.2, 0.25) is 5.02 Å². The number of rotatable bonds is 6. The van der Waals surface area contributed by atoms with Crippen molar-refractivity contribution < 1.29 is 14.3 Å². The third-order valence-electron chi connectivity index (χ3n) is 4.97. The van der Waals surface area contributed by atoms with Gasteiger partial charge < -0.3 is 14.8 Å². The third kappa shape index (κ3) is 3.45. The molecule has 0 saturated heterocycles. The van der Waals surface area contributed by atoms with E-state index in [0.717, 1.165) is 29.7 Å². The first-order valence-corrected chi connectivity index (χ1v) is 10.1. The number of hydrogen-bond donors (Lipinski definition) is 1. The predicted molar refractivity (Wildman–Crippen MR) is 112 cm³/mol. The van der Waals surface area contributed by atoms with Crippen LogP contribution in [0, 0.1) is 0 Å². The van der Waals surface area contributed by atoms with Crippen LogP contribution >= 0.6 is 22.9 Å². The molecule has 5 nitrogen and oxygen atoms in total. The van der Waals surface area contributed by atoms with Crippen LogP contribution in [0.5, 0.6) is 11.5 Å². The van der Waals surface area contributed by atoms with E-state index in [-0.39, 0.29) is 5.91 Å². The first-order valence-electron chi connectivity index (χ1n) is 8.81. The van der Waals surface area contributed by atoms with Gasteiger partial charge in [-0.15, -0.1) is 11.3 Å². The number of anilines is 1. The smallest absolute Gasteiger partial charge is 0.236 e. The van der Waals surface area contributed by atoms with Crippen molar-refractivity contribution in [1.29, 1.82) is 0 Å². The second kappa shape index (κ2) is 7.45. The number of nitrogens with zero attached hydrogens (tertiary/aromatic N) is 1. The summed E-state index contributed by atoms with van der Waals surface area (Å²) < 4.78 is 10.7. The topological polar surface area (TPSA) is 60.5 Å². The van der Waals surface area contributed by atoms with Crippen LogP contribution < -0.4 is 14.8 Å². The molecule has 1 aliphatic rings. The fourth-order valence-corrected chi connectivity index (χ4v) is 4.14. The minimum Gasteiger partial charge on any atom is -0.497 e. The van der Waals surface area contributed by atoms with Crippen molar-refractivity contribution in [2.45, 2.75) is 18.3 Å². The van der Waals surface area contributed by atoms with Crippen molar-refractivity contribution in [1.82, 2.24) is 4.98 Å². The monoisotopic (exact) mass is 414 g/mol. The molecule has 0 atom stereocenters. The molecular formula is C21H19ClN2O3S. The van der Waals surface area contributed by atoms with Gasteiger partial charge in [0.1, 0.15) is 11.5 Å². The van der Waals surface area contributed by atoms with E-state index in [2.05, 4.69) is 10.3 Å². The summed E-state index contributed by atoms with van der Waals surface area (Å²) in [4.78, 5) is 17.5. The molecule has 2 aromatic carbocycles. The molecule has 0 spiro atoms. The zero-order valence-corrected chi connectivity index (χ0v) is 17.1. The molecule has 0 radical (unpaired) electrons. The van der Waals surface area contributed by atoms with Gasteiger partial charge in [-0.25, -0.2) is 4.98 Å². The number of amides is 1. The Hall–Kier alpha value is -2.57. The van der Waals surface area contributed by atoms with Gasteiger partial charge in [0.15, 0.2) is 5.13 Å². The molecule has 1 aliphatic carbocycles. The molecule has 0 unspecified atom stereocenters. The summed E-state index contributed by atoms with van der Waals surface area (Å²) in [5, 5.41) is 6.06. The van der Waals surface area contributed by atoms with Crippen molar-refractivity contribution >= 4 is 34.0 Å². The van der Waals surface area contributed by atoms with Gasteiger partial charge in [-0.05, 0) is 48.7 Å². The number of carbonyl (C=O) groups is 1. The van der Waals surface area contributed by atoms with Gasteiger partial charge in [0.05, 0.1) is 25.3 Å². The number of carbonyl (C=O) groups excluding carboxylic acids is 1. The molecule has 4 rings (SSSR count). The van der Waals surface area contributed by atoms with Crippen molar-refractivity contribution in [3.05, 3.63) is 58.4 Å². The molecule has 1 heterocycles. The maximum Gasteiger partial charge on any atom is 0.236 e. The maximum atomic E-state index is 12.9. The lowest BCUT2D eigenvalue weighted by molar-refractivity contribution is -0.118. The van der Waals surface area contributed by atoms with Crippen LogP contribution in [0.1, 0.15) is 18.4 Å². The van der Waals surface area contributed by atoms with E-state index >= 15 is 0 Å². The van der Waals surface area contributed by atoms with Crippen molar-refractivity contribution in [2.75, 3.05) is 19.5 Å². The van der Waals surface area contributed by atoms with Gasteiger partial charge in [-0.3, -0.25) is 4.79 Å². The zero-order valence-electron chi connectivity index (χ0n) is 15.5. The number of benzene rings is 2. The standard InChI is InChI=1S/C21H19ClN2O3S/c1-26-15-6-7-18(27-2)16(11-15)17-12-28-20(23-17)24-19(25)21(8-9-21)13-4-3-5-14(22)10-13/h3-7,10-12H,8-9H2,1-2H3,(H,23,24,25). The van der Waals surface area contributed by atoms with Gasteiger partial charge in [-0.1, -0.05) is 23.7 Å². The fourth-order valence-electron chi connectivity index (χ4n) is 3.24. The SMILES string of the molecule is COc1ccc(OC)c(-c2csc(NC(=O)C3(c4cccc(Cl)c4)CC3)n2)c1. The average Bonchev–Trinajstić information content (AvgIpc) is 3.41. The Morgan fingerprint density at radius 3 is 2.68 bits per heavy atom. The van der Waals surface area contributed by atoms with E-state index in [4.69, 9.17) is 21.1 Å². The lowest BCUT2D eigenvalue weighted by Crippen LogP contribution is -2.27. The Balaban J connectivity index is 1.57. The predicted octanol–water partition coefficient (Wildman–Crippen LogP) is 5.15. The minimum absolute atomic E-state index is 0.0479. The molecular weight excluding hydrogens is 396 g/mol. The summed E-state index contributed by atoms with van der Waals surface area (Å²) in [5.74, 6) is 1.36. The van der Waals surface area contributed by atoms with Crippen molar-refractivity contribution in [3.8, 4) is 22.8 Å². The number of ether oxygens (including phenoxy) is 2. The highest BCUT2D eigenvalue weighted by Gasteiger charge is 2.51. The van der Waals surface area contributed by atoms with E-state index in [1.54, 1.807) is 14.2 Å². The Morgan fingerprint density at radius 2 is 2.00 bits per heavy atom. The highest BCUT2D eigenvalue weighted by molar-refractivity contribution is 7.14. The van der Waals surface area contributed by atoms with E-state index in [9.17, 15) is 4.79 Å². The van der Waals surface area contributed by atoms with Crippen LogP contribution in [0.3, 0.4) is 0 Å². The van der Waals surface area contributed by atoms with E-state index in [0.29, 0.717) is 21.7 Å². The normalized spacial score (nSPS) is 14.4. The molecule has 144 valence electrons. The van der Waals surface area contributed by atoms with Gasteiger partial charge in [0, 0.05) is 16.0 Å². The van der Waals surface area contributed by atoms with E-state index in [1.165, 1.54) is 11.3 Å². The first-order chi connectivity index (χ1) is 13.6. The fraction of sp³-hybridized carbons (Fsp3) is 0.238. The molecule has 7 heteroatoms. The lowest BCUT2D eigenvalue weighted by atomic mass is 9.95. The van der Waals surface area contributed by atoms with Crippen LogP contribution in [0.25, 0.3) is 11.3 Å². The highest BCUT2D eigenvalue weighted by Crippen LogP contribution is 2.49. The molecule has 1 fully saturated rings. The second-order valence-corrected chi connectivity index (χ2v) is 7.95. The van der Waals surface area contributed by atoms with Crippen LogP contribution in [0.4, 0.5) is 5.13 Å². The maximum absolute atomic E-state index is 12.9. The number of thiazole rings is 1. The van der Waals surface area contributed by atoms with Gasteiger partial charge in [-0.2, -0.15) is 0 Å². The Bertz CT molecular complexity index is 1030. The summed E-state index contributed by atoms with van der Waals surface area (Å²) >= 11 is 7.49. The summed E-state index contributed by atoms with van der Waals surface area (Å²) in [6, 6.07) is 13.0. The van der Waals surface area contributed by atoms with E-state index in [1.807, 2.05) is 47.8 Å². The Kier molecular flexibility index (Phi) is 5.00. The molecule has 28 heavy (non-hydrogen) atoms. The van der Waals surface area contributed by atoms with Gasteiger partial charge in [0.25, 0.3) is 0 Å². The van der Waals surface area contributed by atoms with Crippen LogP contribution in [0.15, 0.2) is 47.8 Å². The summed E-state index contributed by atoms with van der Waals surface area (Å²) in [7, 11) is 3.23. The van der Waals surface area contributed by atoms with Crippen LogP contribution in [-0.2, 0) is 10.2 Å². The van der Waals surface area contributed by atoms with Gasteiger partial charge in [0.2, 0.25) is 5.91 Å². The lowest BCUT2D eigenvalue weighted by Gasteiger charge is -2.14. The molecule has 0 aliphatic heterocycles. The minimum atomic E-state index is -0.510. The average molecular weight is 415 g/mol. The highest BCUT2D eigenvalue weighted by atomic mass is 35.5. The molecule has 1 aromatic heterocycles.